The van der Waals surface area contributed by atoms with Gasteiger partial charge >= 0.3 is 0 Å². The zero-order valence-electron chi connectivity index (χ0n) is 10.9. The molecule has 0 saturated heterocycles. The molecule has 0 aliphatic rings. The van der Waals surface area contributed by atoms with Gasteiger partial charge in [0.2, 0.25) is 0 Å². The summed E-state index contributed by atoms with van der Waals surface area (Å²) in [7, 11) is 5.29. The predicted molar refractivity (Wildman–Crippen MR) is 85.4 cm³/mol. The molecular weight excluding hydrogens is 244 g/mol. The Morgan fingerprint density at radius 1 is 0.882 bits per heavy atom. The maximum absolute atomic E-state index is 2.65. The fourth-order valence-corrected chi connectivity index (χ4v) is 2.29. The zero-order chi connectivity index (χ0) is 12.5. The third-order valence-electron chi connectivity index (χ3n) is 3.05. The van der Waals surface area contributed by atoms with Gasteiger partial charge in [-0.2, -0.15) is 0 Å². The first-order chi connectivity index (χ1) is 8.24. The van der Waals surface area contributed by atoms with Crippen LogP contribution in [0.2, 0.25) is 0 Å². The van der Waals surface area contributed by atoms with E-state index >= 15 is 0 Å². The van der Waals surface area contributed by atoms with Crippen molar-refractivity contribution in [3.63, 3.8) is 0 Å². The fraction of sp³-hybridized carbons (Fsp3) is 0.571. The van der Waals surface area contributed by atoms with E-state index < -0.39 is 0 Å². The lowest BCUT2D eigenvalue weighted by atomic mass is 10.0. The number of hydrogen-bond acceptors (Lipinski definition) is 1. The van der Waals surface area contributed by atoms with Gasteiger partial charge in [-0.05, 0) is 49.3 Å². The molecule has 0 heterocycles. The van der Waals surface area contributed by atoms with Gasteiger partial charge in [-0.15, -0.1) is 0 Å². The Bertz CT molecular complexity index is 296. The van der Waals surface area contributed by atoms with Crippen molar-refractivity contribution in [2.45, 2.75) is 51.9 Å². The number of hydrogen-bond donors (Lipinski definition) is 0. The minimum absolute atomic E-state index is 1.21. The number of nitrogens with zero attached hydrogens (tertiary/aromatic N) is 1. The molecule has 1 nitrogen and oxygen atoms in total. The molecule has 1 aromatic carbocycles. The zero-order valence-corrected chi connectivity index (χ0v) is 13.2. The summed E-state index contributed by atoms with van der Waals surface area (Å²) in [4.78, 5) is 0. The molecule has 0 N–H and O–H groups in total. The van der Waals surface area contributed by atoms with Crippen molar-refractivity contribution in [1.82, 2.24) is 0 Å². The van der Waals surface area contributed by atoms with Crippen LogP contribution in [0.3, 0.4) is 0 Å². The number of rotatable bonds is 8. The van der Waals surface area contributed by atoms with Crippen LogP contribution in [-0.2, 0) is 6.42 Å². The Labute approximate surface area is 111 Å². The Kier molecular flexibility index (Phi) is 7.82. The number of benzene rings is 1. The molecule has 1 aromatic rings. The predicted octanol–water partition coefficient (Wildman–Crippen LogP) is 4.98. The normalized spacial score (nSPS) is 10.5. The third kappa shape index (κ3) is 6.39. The van der Waals surface area contributed by atoms with E-state index in [0.717, 1.165) is 0 Å². The molecule has 0 saturated carbocycles. The van der Waals surface area contributed by atoms with Crippen LogP contribution in [0.25, 0.3) is 0 Å². The lowest BCUT2D eigenvalue weighted by Crippen LogP contribution is -1.91. The largest absolute Gasteiger partial charge is 0.341 e. The maximum atomic E-state index is 2.65. The molecule has 17 heavy (non-hydrogen) atoms. The topological polar surface area (TPSA) is 3.24 Å². The first-order valence-electron chi connectivity index (χ1n) is 6.62. The molecule has 2 atom stereocenters. The summed E-state index contributed by atoms with van der Waals surface area (Å²) in [6.07, 6.45) is 9.46. The van der Waals surface area contributed by atoms with Gasteiger partial charge in [0, 0.05) is 5.69 Å². The van der Waals surface area contributed by atoms with Crippen LogP contribution in [-0.4, -0.2) is 0 Å². The average Bonchev–Trinajstić information content (AvgIpc) is 2.34. The Morgan fingerprint density at radius 2 is 1.47 bits per heavy atom. The molecule has 2 unspecified atom stereocenters. The van der Waals surface area contributed by atoms with Crippen molar-refractivity contribution in [2.75, 3.05) is 4.44 Å². The lowest BCUT2D eigenvalue weighted by molar-refractivity contribution is 0.607. The summed E-state index contributed by atoms with van der Waals surface area (Å²) < 4.78 is 1.98. The van der Waals surface area contributed by atoms with E-state index in [1.54, 1.807) is 0 Å². The van der Waals surface area contributed by atoms with Crippen molar-refractivity contribution in [3.05, 3.63) is 29.8 Å². The molecule has 0 bridgehead atoms. The van der Waals surface area contributed by atoms with Gasteiger partial charge in [0.05, 0.1) is 0 Å². The summed E-state index contributed by atoms with van der Waals surface area (Å²) in [5, 5.41) is 0. The number of anilines is 1. The molecular formula is C14H25NP2. The van der Waals surface area contributed by atoms with E-state index in [9.17, 15) is 0 Å². The first kappa shape index (κ1) is 14.9. The van der Waals surface area contributed by atoms with E-state index in [0.29, 0.717) is 0 Å². The molecule has 0 fully saturated rings. The van der Waals surface area contributed by atoms with Crippen molar-refractivity contribution >= 4 is 24.5 Å². The van der Waals surface area contributed by atoms with Gasteiger partial charge in [0.1, 0.15) is 0 Å². The second-order valence-electron chi connectivity index (χ2n) is 4.59. The summed E-state index contributed by atoms with van der Waals surface area (Å²) in [6.45, 7) is 2.27. The highest BCUT2D eigenvalue weighted by molar-refractivity contribution is 7.39. The summed E-state index contributed by atoms with van der Waals surface area (Å²) >= 11 is 0. The van der Waals surface area contributed by atoms with E-state index in [1.807, 2.05) is 4.44 Å². The van der Waals surface area contributed by atoms with Crippen LogP contribution in [0.5, 0.6) is 0 Å². The highest BCUT2D eigenvalue weighted by Crippen LogP contribution is 2.22. The minimum atomic E-state index is 1.21. The molecule has 0 aliphatic carbocycles. The van der Waals surface area contributed by atoms with E-state index in [-0.39, 0.29) is 0 Å². The van der Waals surface area contributed by atoms with Crippen LogP contribution in [0, 0.1) is 0 Å². The molecule has 0 radical (unpaired) electrons. The SMILES string of the molecule is CCCCCCCCc1ccc(N(P)P)cc1. The Balaban J connectivity index is 2.19. The highest BCUT2D eigenvalue weighted by atomic mass is 31.1. The number of aryl methyl sites for hydroxylation is 1. The Hall–Kier alpha value is -0.120. The van der Waals surface area contributed by atoms with E-state index in [1.165, 1.54) is 56.2 Å². The monoisotopic (exact) mass is 269 g/mol. The quantitative estimate of drug-likeness (QED) is 0.475. The van der Waals surface area contributed by atoms with Gasteiger partial charge < -0.3 is 4.44 Å². The summed E-state index contributed by atoms with van der Waals surface area (Å²) in [5.74, 6) is 0. The van der Waals surface area contributed by atoms with Crippen LogP contribution < -0.4 is 4.44 Å². The van der Waals surface area contributed by atoms with Crippen LogP contribution in [0.15, 0.2) is 24.3 Å². The molecule has 96 valence electrons. The van der Waals surface area contributed by atoms with Gasteiger partial charge in [-0.25, -0.2) is 0 Å². The van der Waals surface area contributed by atoms with Gasteiger partial charge in [0.15, 0.2) is 0 Å². The lowest BCUT2D eigenvalue weighted by Gasteiger charge is -2.11. The van der Waals surface area contributed by atoms with Crippen molar-refractivity contribution in [2.24, 2.45) is 0 Å². The third-order valence-corrected chi connectivity index (χ3v) is 3.65. The van der Waals surface area contributed by atoms with Gasteiger partial charge in [-0.3, -0.25) is 0 Å². The van der Waals surface area contributed by atoms with Crippen LogP contribution >= 0.6 is 18.8 Å². The fourth-order valence-electron chi connectivity index (χ4n) is 1.94. The van der Waals surface area contributed by atoms with Crippen molar-refractivity contribution < 1.29 is 0 Å². The molecule has 0 amide bonds. The molecule has 0 aliphatic heterocycles. The molecule has 0 spiro atoms. The molecule has 0 aromatic heterocycles. The smallest absolute Gasteiger partial charge is 0.0423 e. The van der Waals surface area contributed by atoms with Gasteiger partial charge in [0.25, 0.3) is 0 Å². The van der Waals surface area contributed by atoms with Crippen molar-refractivity contribution in [3.8, 4) is 0 Å². The molecule has 1 rings (SSSR count). The average molecular weight is 269 g/mol. The van der Waals surface area contributed by atoms with E-state index in [4.69, 9.17) is 0 Å². The van der Waals surface area contributed by atoms with Crippen molar-refractivity contribution in [1.29, 1.82) is 0 Å². The van der Waals surface area contributed by atoms with Gasteiger partial charge in [-0.1, -0.05) is 51.2 Å². The number of unbranched alkanes of at least 4 members (excludes halogenated alkanes) is 5. The Morgan fingerprint density at radius 3 is 2.06 bits per heavy atom. The second-order valence-corrected chi connectivity index (χ2v) is 6.30. The maximum Gasteiger partial charge on any atom is 0.0423 e. The van der Waals surface area contributed by atoms with Crippen LogP contribution in [0.1, 0.15) is 51.0 Å². The standard InChI is InChI=1S/C14H25NP2/c1-2-3-4-5-6-7-8-13-9-11-14(12-10-13)15(16)17/h9-12H,2-8,16-17H2,1H3. The summed E-state index contributed by atoms with van der Waals surface area (Å²) in [5.41, 5.74) is 2.67. The summed E-state index contributed by atoms with van der Waals surface area (Å²) in [6, 6.07) is 8.82. The van der Waals surface area contributed by atoms with E-state index in [2.05, 4.69) is 50.0 Å². The first-order valence-corrected chi connectivity index (χ1v) is 7.65. The molecule has 3 heteroatoms. The second kappa shape index (κ2) is 8.90. The van der Waals surface area contributed by atoms with Crippen LogP contribution in [0.4, 0.5) is 5.69 Å². The minimum Gasteiger partial charge on any atom is -0.341 e. The highest BCUT2D eigenvalue weighted by Gasteiger charge is 1.97.